The fourth-order valence-corrected chi connectivity index (χ4v) is 2.92. The summed E-state index contributed by atoms with van der Waals surface area (Å²) in [6.45, 7) is 0. The molecule has 0 fully saturated rings. The third-order valence-corrected chi connectivity index (χ3v) is 4.41. The van der Waals surface area contributed by atoms with Gasteiger partial charge in [-0.1, -0.05) is 23.7 Å². The van der Waals surface area contributed by atoms with Crippen LogP contribution in [0.2, 0.25) is 5.02 Å². The fraction of sp³-hybridized carbons (Fsp3) is 0.0500. The van der Waals surface area contributed by atoms with Gasteiger partial charge in [0.05, 0.1) is 10.5 Å². The minimum Gasteiger partial charge on any atom is -0.373 e. The average molecular weight is 365 g/mol. The summed E-state index contributed by atoms with van der Waals surface area (Å²) in [6, 6.07) is 14.3. The Morgan fingerprint density at radius 3 is 2.50 bits per heavy atom. The minimum absolute atomic E-state index is 0.105. The smallest absolute Gasteiger partial charge is 0.163 e. The van der Waals surface area contributed by atoms with Gasteiger partial charge in [0.2, 0.25) is 0 Å². The molecule has 2 aromatic heterocycles. The van der Waals surface area contributed by atoms with Gasteiger partial charge in [0.25, 0.3) is 0 Å². The van der Waals surface area contributed by atoms with Crippen molar-refractivity contribution >= 4 is 28.3 Å². The summed E-state index contributed by atoms with van der Waals surface area (Å²) in [5, 5.41) is 4.10. The molecule has 0 radical (unpaired) electrons. The molecule has 128 valence electrons. The van der Waals surface area contributed by atoms with E-state index < -0.39 is 5.82 Å². The van der Waals surface area contributed by atoms with Crippen LogP contribution in [-0.4, -0.2) is 22.0 Å². The molecule has 0 aliphatic rings. The molecule has 4 aromatic rings. The molecular weight excluding hydrogens is 351 g/mol. The standard InChI is InChI=1S/C20H14ClFN4/c1-23-20-15-6-4-13(12-5-7-16(21)17(22)9-12)10-18(15)25-19(26-20)14-3-2-8-24-11-14/h2-11H,1H3,(H,23,25,26). The van der Waals surface area contributed by atoms with Crippen LogP contribution in [-0.2, 0) is 0 Å². The van der Waals surface area contributed by atoms with Crippen molar-refractivity contribution in [2.24, 2.45) is 0 Å². The van der Waals surface area contributed by atoms with Crippen LogP contribution < -0.4 is 5.32 Å². The van der Waals surface area contributed by atoms with Crippen molar-refractivity contribution in [2.45, 2.75) is 0 Å². The van der Waals surface area contributed by atoms with Crippen molar-refractivity contribution in [3.8, 4) is 22.5 Å². The highest BCUT2D eigenvalue weighted by Gasteiger charge is 2.11. The molecule has 0 aliphatic heterocycles. The zero-order chi connectivity index (χ0) is 18.1. The molecule has 2 heterocycles. The van der Waals surface area contributed by atoms with Crippen molar-refractivity contribution in [1.29, 1.82) is 0 Å². The number of hydrogen-bond donors (Lipinski definition) is 1. The second-order valence-electron chi connectivity index (χ2n) is 5.75. The number of aromatic nitrogens is 3. The molecule has 0 saturated carbocycles. The van der Waals surface area contributed by atoms with Gasteiger partial charge in [0.1, 0.15) is 11.6 Å². The van der Waals surface area contributed by atoms with Gasteiger partial charge in [-0.15, -0.1) is 0 Å². The summed E-state index contributed by atoms with van der Waals surface area (Å²) in [5.74, 6) is 0.857. The lowest BCUT2D eigenvalue weighted by molar-refractivity contribution is 0.629. The van der Waals surface area contributed by atoms with E-state index in [1.807, 2.05) is 37.4 Å². The molecular formula is C20H14ClFN4. The van der Waals surface area contributed by atoms with Crippen molar-refractivity contribution in [1.82, 2.24) is 15.0 Å². The SMILES string of the molecule is CNc1nc(-c2cccnc2)nc2cc(-c3ccc(Cl)c(F)c3)ccc12. The number of nitrogens with zero attached hydrogens (tertiary/aromatic N) is 3. The summed E-state index contributed by atoms with van der Waals surface area (Å²) in [4.78, 5) is 13.4. The highest BCUT2D eigenvalue weighted by Crippen LogP contribution is 2.30. The molecule has 2 aromatic carbocycles. The highest BCUT2D eigenvalue weighted by molar-refractivity contribution is 6.30. The molecule has 0 spiro atoms. The van der Waals surface area contributed by atoms with Gasteiger partial charge in [0, 0.05) is 30.4 Å². The van der Waals surface area contributed by atoms with E-state index in [4.69, 9.17) is 11.6 Å². The minimum atomic E-state index is -0.445. The molecule has 1 N–H and O–H groups in total. The Kier molecular flexibility index (Phi) is 4.22. The summed E-state index contributed by atoms with van der Waals surface area (Å²) in [7, 11) is 1.82. The predicted octanol–water partition coefficient (Wildman–Crippen LogP) is 5.19. The Bertz CT molecular complexity index is 1100. The first-order valence-corrected chi connectivity index (χ1v) is 8.39. The second kappa shape index (κ2) is 6.69. The van der Waals surface area contributed by atoms with Gasteiger partial charge in [0.15, 0.2) is 5.82 Å². The lowest BCUT2D eigenvalue weighted by Gasteiger charge is -2.10. The Hall–Kier alpha value is -3.05. The van der Waals surface area contributed by atoms with Gasteiger partial charge >= 0.3 is 0 Å². The van der Waals surface area contributed by atoms with E-state index in [0.717, 1.165) is 33.4 Å². The Labute approximate surface area is 154 Å². The average Bonchev–Trinajstić information content (AvgIpc) is 2.69. The van der Waals surface area contributed by atoms with Crippen molar-refractivity contribution in [2.75, 3.05) is 12.4 Å². The predicted molar refractivity (Wildman–Crippen MR) is 103 cm³/mol. The summed E-state index contributed by atoms with van der Waals surface area (Å²) in [6.07, 6.45) is 3.43. The number of pyridine rings is 1. The Morgan fingerprint density at radius 2 is 1.77 bits per heavy atom. The van der Waals surface area contributed by atoms with Gasteiger partial charge in [-0.25, -0.2) is 14.4 Å². The topological polar surface area (TPSA) is 50.7 Å². The monoisotopic (exact) mass is 364 g/mol. The van der Waals surface area contributed by atoms with Crippen LogP contribution in [0.5, 0.6) is 0 Å². The number of fused-ring (bicyclic) bond motifs is 1. The van der Waals surface area contributed by atoms with E-state index in [1.165, 1.54) is 6.07 Å². The highest BCUT2D eigenvalue weighted by atomic mass is 35.5. The summed E-state index contributed by atoms with van der Waals surface area (Å²) >= 11 is 5.78. The molecule has 6 heteroatoms. The van der Waals surface area contributed by atoms with Crippen LogP contribution in [0.4, 0.5) is 10.2 Å². The second-order valence-corrected chi connectivity index (χ2v) is 6.16. The number of anilines is 1. The molecule has 0 unspecified atom stereocenters. The van der Waals surface area contributed by atoms with Gasteiger partial charge in [-0.2, -0.15) is 0 Å². The van der Waals surface area contributed by atoms with Crippen molar-refractivity contribution < 1.29 is 4.39 Å². The third-order valence-electron chi connectivity index (χ3n) is 4.11. The maximum absolute atomic E-state index is 13.8. The van der Waals surface area contributed by atoms with Crippen LogP contribution in [0.3, 0.4) is 0 Å². The van der Waals surface area contributed by atoms with Crippen LogP contribution in [0.1, 0.15) is 0 Å². The van der Waals surface area contributed by atoms with Crippen molar-refractivity contribution in [3.05, 3.63) is 71.8 Å². The maximum Gasteiger partial charge on any atom is 0.163 e. The fourth-order valence-electron chi connectivity index (χ4n) is 2.80. The maximum atomic E-state index is 13.8. The van der Waals surface area contributed by atoms with Crippen LogP contribution in [0.15, 0.2) is 60.9 Å². The molecule has 0 saturated heterocycles. The van der Waals surface area contributed by atoms with E-state index in [1.54, 1.807) is 24.5 Å². The zero-order valence-electron chi connectivity index (χ0n) is 13.9. The lowest BCUT2D eigenvalue weighted by atomic mass is 10.0. The van der Waals surface area contributed by atoms with Gasteiger partial charge in [-0.3, -0.25) is 4.98 Å². The molecule has 26 heavy (non-hydrogen) atoms. The Morgan fingerprint density at radius 1 is 0.962 bits per heavy atom. The van der Waals surface area contributed by atoms with Crippen LogP contribution in [0.25, 0.3) is 33.4 Å². The third kappa shape index (κ3) is 2.97. The first kappa shape index (κ1) is 16.4. The largest absolute Gasteiger partial charge is 0.373 e. The first-order valence-electron chi connectivity index (χ1n) is 8.01. The number of nitrogens with one attached hydrogen (secondary N) is 1. The number of benzene rings is 2. The molecule has 0 amide bonds. The number of hydrogen-bond acceptors (Lipinski definition) is 4. The van der Waals surface area contributed by atoms with E-state index in [9.17, 15) is 4.39 Å². The molecule has 4 nitrogen and oxygen atoms in total. The van der Waals surface area contributed by atoms with Crippen LogP contribution >= 0.6 is 11.6 Å². The van der Waals surface area contributed by atoms with E-state index >= 15 is 0 Å². The normalized spacial score (nSPS) is 10.9. The van der Waals surface area contributed by atoms with Crippen molar-refractivity contribution in [3.63, 3.8) is 0 Å². The van der Waals surface area contributed by atoms with E-state index in [2.05, 4.69) is 20.3 Å². The molecule has 0 atom stereocenters. The quantitative estimate of drug-likeness (QED) is 0.543. The number of halogens is 2. The number of rotatable bonds is 3. The van der Waals surface area contributed by atoms with E-state index in [-0.39, 0.29) is 5.02 Å². The van der Waals surface area contributed by atoms with Crippen LogP contribution in [0, 0.1) is 5.82 Å². The summed E-state index contributed by atoms with van der Waals surface area (Å²) < 4.78 is 13.8. The van der Waals surface area contributed by atoms with Gasteiger partial charge in [-0.05, 0) is 47.5 Å². The first-order chi connectivity index (χ1) is 12.7. The zero-order valence-corrected chi connectivity index (χ0v) is 14.6. The molecule has 0 aliphatic carbocycles. The Balaban J connectivity index is 1.90. The van der Waals surface area contributed by atoms with Gasteiger partial charge < -0.3 is 5.32 Å². The summed E-state index contributed by atoms with van der Waals surface area (Å²) in [5.41, 5.74) is 3.18. The molecule has 0 bridgehead atoms. The lowest BCUT2D eigenvalue weighted by Crippen LogP contribution is -1.99. The van der Waals surface area contributed by atoms with E-state index in [0.29, 0.717) is 5.82 Å². The molecule has 4 rings (SSSR count).